The summed E-state index contributed by atoms with van der Waals surface area (Å²) in [5, 5.41) is 9.14. The number of imidazole rings is 1. The van der Waals surface area contributed by atoms with Crippen LogP contribution in [0.25, 0.3) is 0 Å². The number of hydrogen-bond donors (Lipinski definition) is 0. The van der Waals surface area contributed by atoms with Crippen molar-refractivity contribution in [2.45, 2.75) is 25.2 Å². The predicted molar refractivity (Wildman–Crippen MR) is 97.3 cm³/mol. The van der Waals surface area contributed by atoms with E-state index in [1.54, 1.807) is 6.20 Å². The van der Waals surface area contributed by atoms with Crippen molar-refractivity contribution in [3.8, 4) is 6.07 Å². The van der Waals surface area contributed by atoms with Gasteiger partial charge in [0.2, 0.25) is 0 Å². The van der Waals surface area contributed by atoms with Crippen LogP contribution in [-0.2, 0) is 23.5 Å². The molecule has 1 atom stereocenters. The molecule has 0 fully saturated rings. The van der Waals surface area contributed by atoms with Crippen molar-refractivity contribution in [2.24, 2.45) is 0 Å². The van der Waals surface area contributed by atoms with E-state index in [1.807, 2.05) is 48.9 Å². The molecule has 1 unspecified atom stereocenters. The molecule has 2 aromatic carbocycles. The summed E-state index contributed by atoms with van der Waals surface area (Å²) in [6.45, 7) is 1.35. The smallest absolute Gasteiger partial charge is 0.121 e. The van der Waals surface area contributed by atoms with Crippen LogP contribution in [0.4, 0.5) is 0 Å². The molecule has 0 radical (unpaired) electrons. The summed E-state index contributed by atoms with van der Waals surface area (Å²) in [5.74, 6) is 0. The van der Waals surface area contributed by atoms with Crippen molar-refractivity contribution >= 4 is 12.4 Å². The average Bonchev–Trinajstić information content (AvgIpc) is 3.29. The van der Waals surface area contributed by atoms with Gasteiger partial charge < -0.3 is 9.30 Å². The first-order valence-corrected chi connectivity index (χ1v) is 8.00. The number of fused-ring (bicyclic) bond motifs is 1. The number of hydrogen-bond acceptors (Lipinski definition) is 3. The highest BCUT2D eigenvalue weighted by Gasteiger charge is 2.41. The summed E-state index contributed by atoms with van der Waals surface area (Å²) < 4.78 is 8.42. The summed E-state index contributed by atoms with van der Waals surface area (Å²) in [6, 6.07) is 18.4. The van der Waals surface area contributed by atoms with Gasteiger partial charge in [-0.05, 0) is 28.8 Å². The van der Waals surface area contributed by atoms with Crippen LogP contribution < -0.4 is 0 Å². The minimum absolute atomic E-state index is 0. The molecule has 0 saturated carbocycles. The van der Waals surface area contributed by atoms with Crippen molar-refractivity contribution < 1.29 is 4.74 Å². The van der Waals surface area contributed by atoms with Gasteiger partial charge in [0.15, 0.2) is 0 Å². The van der Waals surface area contributed by atoms with Gasteiger partial charge in [-0.1, -0.05) is 36.4 Å². The molecule has 0 spiro atoms. The van der Waals surface area contributed by atoms with Crippen molar-refractivity contribution in [3.63, 3.8) is 0 Å². The van der Waals surface area contributed by atoms with Gasteiger partial charge in [0.1, 0.15) is 5.60 Å². The maximum absolute atomic E-state index is 9.14. The van der Waals surface area contributed by atoms with Gasteiger partial charge in [-0.2, -0.15) is 5.26 Å². The van der Waals surface area contributed by atoms with E-state index in [0.717, 1.165) is 29.7 Å². The molecule has 3 aromatic rings. The van der Waals surface area contributed by atoms with Gasteiger partial charge in [0.05, 0.1) is 24.6 Å². The van der Waals surface area contributed by atoms with E-state index in [1.165, 1.54) is 0 Å². The lowest BCUT2D eigenvalue weighted by Crippen LogP contribution is -2.28. The fourth-order valence-corrected chi connectivity index (χ4v) is 3.46. The SMILES string of the molecule is Cl.N#Cc1ccc2c(c1)COC2(CCn1ccnc1)c1ccccc1. The van der Waals surface area contributed by atoms with E-state index in [4.69, 9.17) is 10.00 Å². The highest BCUT2D eigenvalue weighted by atomic mass is 35.5. The minimum Gasteiger partial charge on any atom is -0.361 e. The lowest BCUT2D eigenvalue weighted by molar-refractivity contribution is -0.0145. The number of ether oxygens (including phenoxy) is 1. The first-order chi connectivity index (χ1) is 11.8. The fraction of sp³-hybridized carbons (Fsp3) is 0.200. The summed E-state index contributed by atoms with van der Waals surface area (Å²) in [7, 11) is 0. The van der Waals surface area contributed by atoms with Crippen LogP contribution in [0.5, 0.6) is 0 Å². The highest BCUT2D eigenvalue weighted by molar-refractivity contribution is 5.85. The Morgan fingerprint density at radius 3 is 2.76 bits per heavy atom. The third-order valence-electron chi connectivity index (χ3n) is 4.66. The summed E-state index contributed by atoms with van der Waals surface area (Å²) in [5.41, 5.74) is 3.61. The van der Waals surface area contributed by atoms with E-state index >= 15 is 0 Å². The van der Waals surface area contributed by atoms with E-state index in [-0.39, 0.29) is 12.4 Å². The van der Waals surface area contributed by atoms with Crippen molar-refractivity contribution in [3.05, 3.63) is 89.5 Å². The zero-order valence-electron chi connectivity index (χ0n) is 13.6. The van der Waals surface area contributed by atoms with Crippen LogP contribution in [0.3, 0.4) is 0 Å². The van der Waals surface area contributed by atoms with Crippen LogP contribution in [-0.4, -0.2) is 9.55 Å². The molecule has 126 valence electrons. The Hall–Kier alpha value is -2.61. The van der Waals surface area contributed by atoms with E-state index in [2.05, 4.69) is 27.8 Å². The topological polar surface area (TPSA) is 50.8 Å². The second-order valence-electron chi connectivity index (χ2n) is 6.02. The number of aromatic nitrogens is 2. The van der Waals surface area contributed by atoms with Crippen LogP contribution in [0.1, 0.15) is 28.7 Å². The molecule has 1 aliphatic rings. The Bertz CT molecular complexity index is 887. The lowest BCUT2D eigenvalue weighted by Gasteiger charge is -2.30. The van der Waals surface area contributed by atoms with Gasteiger partial charge in [0.25, 0.3) is 0 Å². The molecule has 0 aliphatic carbocycles. The van der Waals surface area contributed by atoms with Gasteiger partial charge in [-0.15, -0.1) is 12.4 Å². The largest absolute Gasteiger partial charge is 0.361 e. The molecule has 1 aliphatic heterocycles. The van der Waals surface area contributed by atoms with Crippen molar-refractivity contribution in [1.82, 2.24) is 9.55 Å². The summed E-state index contributed by atoms with van der Waals surface area (Å²) >= 11 is 0. The Morgan fingerprint density at radius 1 is 1.20 bits per heavy atom. The van der Waals surface area contributed by atoms with Gasteiger partial charge in [-0.3, -0.25) is 0 Å². The number of nitrogens with zero attached hydrogens (tertiary/aromatic N) is 3. The van der Waals surface area contributed by atoms with Crippen molar-refractivity contribution in [2.75, 3.05) is 0 Å². The molecule has 0 amide bonds. The summed E-state index contributed by atoms with van der Waals surface area (Å²) in [6.07, 6.45) is 6.39. The third kappa shape index (κ3) is 3.05. The second-order valence-corrected chi connectivity index (χ2v) is 6.02. The molecule has 0 saturated heterocycles. The minimum atomic E-state index is -0.477. The van der Waals surface area contributed by atoms with Crippen molar-refractivity contribution in [1.29, 1.82) is 5.26 Å². The van der Waals surface area contributed by atoms with Gasteiger partial charge in [-0.25, -0.2) is 4.98 Å². The molecule has 4 rings (SSSR count). The Labute approximate surface area is 153 Å². The first kappa shape index (κ1) is 17.2. The lowest BCUT2D eigenvalue weighted by atomic mass is 9.82. The second kappa shape index (κ2) is 7.10. The molecule has 0 bridgehead atoms. The first-order valence-electron chi connectivity index (χ1n) is 8.00. The van der Waals surface area contributed by atoms with Crippen LogP contribution in [0.2, 0.25) is 0 Å². The molecule has 4 nitrogen and oxygen atoms in total. The molecule has 1 aromatic heterocycles. The normalized spacial score (nSPS) is 18.2. The highest BCUT2D eigenvalue weighted by Crippen LogP contribution is 2.45. The summed E-state index contributed by atoms with van der Waals surface area (Å²) in [4.78, 5) is 4.12. The Morgan fingerprint density at radius 2 is 2.04 bits per heavy atom. The monoisotopic (exact) mass is 351 g/mol. The maximum atomic E-state index is 9.14. The number of aryl methyl sites for hydroxylation is 1. The number of benzene rings is 2. The third-order valence-corrected chi connectivity index (χ3v) is 4.66. The predicted octanol–water partition coefficient (Wildman–Crippen LogP) is 4.04. The van der Waals surface area contributed by atoms with Crippen LogP contribution >= 0.6 is 12.4 Å². The van der Waals surface area contributed by atoms with Gasteiger partial charge >= 0.3 is 0 Å². The standard InChI is InChI=1S/C20H17N3O.ClH/c21-13-16-6-7-19-17(12-16)14-24-20(19,18-4-2-1-3-5-18)8-10-23-11-9-22-15-23;/h1-7,9,11-12,15H,8,10,14H2;1H. The van der Waals surface area contributed by atoms with Crippen LogP contribution in [0.15, 0.2) is 67.3 Å². The fourth-order valence-electron chi connectivity index (χ4n) is 3.46. The Balaban J connectivity index is 0.00000182. The van der Waals surface area contributed by atoms with E-state index in [9.17, 15) is 0 Å². The Kier molecular flexibility index (Phi) is 4.89. The van der Waals surface area contributed by atoms with Crippen LogP contribution in [0, 0.1) is 11.3 Å². The molecule has 2 heterocycles. The van der Waals surface area contributed by atoms with E-state index in [0.29, 0.717) is 12.2 Å². The average molecular weight is 352 g/mol. The number of rotatable bonds is 4. The quantitative estimate of drug-likeness (QED) is 0.712. The molecule has 25 heavy (non-hydrogen) atoms. The zero-order valence-corrected chi connectivity index (χ0v) is 14.4. The molecule has 5 heteroatoms. The number of halogens is 1. The maximum Gasteiger partial charge on any atom is 0.121 e. The van der Waals surface area contributed by atoms with Gasteiger partial charge in [0, 0.05) is 25.4 Å². The van der Waals surface area contributed by atoms with E-state index < -0.39 is 5.60 Å². The molecule has 0 N–H and O–H groups in total. The molecular weight excluding hydrogens is 334 g/mol. The zero-order chi connectivity index (χ0) is 16.4. The number of nitriles is 1. The molecular formula is C20H18ClN3O.